The van der Waals surface area contributed by atoms with E-state index in [1.165, 1.54) is 32.4 Å². The third kappa shape index (κ3) is 4.98. The van der Waals surface area contributed by atoms with Crippen LogP contribution in [0.5, 0.6) is 11.5 Å². The van der Waals surface area contributed by atoms with Crippen LogP contribution in [0, 0.1) is 0 Å². The molecule has 1 heterocycles. The molecule has 0 radical (unpaired) electrons. The first-order valence-corrected chi connectivity index (χ1v) is 9.75. The highest BCUT2D eigenvalue weighted by Gasteiger charge is 2.32. The van der Waals surface area contributed by atoms with Crippen LogP contribution in [0.1, 0.15) is 38.7 Å². The van der Waals surface area contributed by atoms with Crippen molar-refractivity contribution in [2.75, 3.05) is 33.8 Å². The summed E-state index contributed by atoms with van der Waals surface area (Å²) in [7, 11) is 5.60. The molecule has 2 aromatic carbocycles. The highest BCUT2D eigenvalue weighted by molar-refractivity contribution is 6.00. The SMILES string of the molecule is COC(=O)c1cc(NC(=O)C2CC(c3ccc(OC)cc3OC)NN2)cc(C(=O)OC)c1. The highest BCUT2D eigenvalue weighted by atomic mass is 16.5. The van der Waals surface area contributed by atoms with Crippen molar-refractivity contribution < 1.29 is 33.3 Å². The molecule has 2 aromatic rings. The van der Waals surface area contributed by atoms with Gasteiger partial charge in [-0.1, -0.05) is 6.07 Å². The number of methoxy groups -OCH3 is 4. The molecule has 0 aromatic heterocycles. The minimum Gasteiger partial charge on any atom is -0.497 e. The second kappa shape index (κ2) is 10.1. The molecule has 10 heteroatoms. The van der Waals surface area contributed by atoms with Crippen molar-refractivity contribution in [1.29, 1.82) is 0 Å². The van der Waals surface area contributed by atoms with Crippen LogP contribution in [0.15, 0.2) is 36.4 Å². The fourth-order valence-corrected chi connectivity index (χ4v) is 3.44. The molecule has 10 nitrogen and oxygen atoms in total. The Labute approximate surface area is 185 Å². The first kappa shape index (κ1) is 23.0. The Morgan fingerprint density at radius 1 is 0.875 bits per heavy atom. The zero-order valence-electron chi connectivity index (χ0n) is 18.2. The van der Waals surface area contributed by atoms with E-state index >= 15 is 0 Å². The van der Waals surface area contributed by atoms with Crippen molar-refractivity contribution in [3.8, 4) is 11.5 Å². The molecule has 3 rings (SSSR count). The van der Waals surface area contributed by atoms with E-state index in [2.05, 4.69) is 16.2 Å². The van der Waals surface area contributed by atoms with Crippen LogP contribution in [-0.2, 0) is 14.3 Å². The summed E-state index contributed by atoms with van der Waals surface area (Å²) >= 11 is 0. The lowest BCUT2D eigenvalue weighted by atomic mass is 10.0. The third-order valence-corrected chi connectivity index (χ3v) is 5.08. The second-order valence-corrected chi connectivity index (χ2v) is 7.01. The van der Waals surface area contributed by atoms with Crippen molar-refractivity contribution in [1.82, 2.24) is 10.9 Å². The van der Waals surface area contributed by atoms with E-state index in [4.69, 9.17) is 18.9 Å². The topological polar surface area (TPSA) is 124 Å². The summed E-state index contributed by atoms with van der Waals surface area (Å²) in [4.78, 5) is 36.7. The van der Waals surface area contributed by atoms with Gasteiger partial charge in [0.1, 0.15) is 17.5 Å². The van der Waals surface area contributed by atoms with Crippen molar-refractivity contribution in [2.45, 2.75) is 18.5 Å². The number of carbonyl (C=O) groups is 3. The normalized spacial score (nSPS) is 17.4. The molecule has 3 N–H and O–H groups in total. The van der Waals surface area contributed by atoms with Crippen LogP contribution in [0.25, 0.3) is 0 Å². The number of hydrogen-bond acceptors (Lipinski definition) is 9. The van der Waals surface area contributed by atoms with Crippen LogP contribution >= 0.6 is 0 Å². The summed E-state index contributed by atoms with van der Waals surface area (Å²) in [6.07, 6.45) is 0.440. The van der Waals surface area contributed by atoms with Crippen LogP contribution in [0.4, 0.5) is 5.69 Å². The van der Waals surface area contributed by atoms with Gasteiger partial charge in [0.25, 0.3) is 0 Å². The number of hydrogen-bond donors (Lipinski definition) is 3. The fourth-order valence-electron chi connectivity index (χ4n) is 3.44. The molecule has 1 saturated heterocycles. The Morgan fingerprint density at radius 2 is 1.53 bits per heavy atom. The fraction of sp³-hybridized carbons (Fsp3) is 0.318. The molecule has 32 heavy (non-hydrogen) atoms. The second-order valence-electron chi connectivity index (χ2n) is 7.01. The molecule has 0 spiro atoms. The van der Waals surface area contributed by atoms with Crippen molar-refractivity contribution in [3.63, 3.8) is 0 Å². The summed E-state index contributed by atoms with van der Waals surface area (Å²) in [5, 5.41) is 2.73. The van der Waals surface area contributed by atoms with E-state index < -0.39 is 18.0 Å². The molecular weight excluding hydrogens is 418 g/mol. The molecule has 0 aliphatic carbocycles. The number of ether oxygens (including phenoxy) is 4. The lowest BCUT2D eigenvalue weighted by molar-refractivity contribution is -0.117. The van der Waals surface area contributed by atoms with Gasteiger partial charge in [-0.3, -0.25) is 4.79 Å². The average Bonchev–Trinajstić information content (AvgIpc) is 3.32. The maximum absolute atomic E-state index is 12.9. The Hall–Kier alpha value is -3.63. The predicted molar refractivity (Wildman–Crippen MR) is 115 cm³/mol. The maximum atomic E-state index is 12.9. The first-order valence-electron chi connectivity index (χ1n) is 9.75. The monoisotopic (exact) mass is 443 g/mol. The minimum atomic E-state index is -0.640. The molecule has 1 aliphatic rings. The Kier molecular flexibility index (Phi) is 7.29. The van der Waals surface area contributed by atoms with E-state index in [0.29, 0.717) is 17.9 Å². The van der Waals surface area contributed by atoms with Crippen LogP contribution in [0.3, 0.4) is 0 Å². The number of nitrogens with one attached hydrogen (secondary N) is 3. The number of anilines is 1. The first-order chi connectivity index (χ1) is 15.4. The highest BCUT2D eigenvalue weighted by Crippen LogP contribution is 2.33. The van der Waals surface area contributed by atoms with Crippen molar-refractivity contribution in [3.05, 3.63) is 53.1 Å². The van der Waals surface area contributed by atoms with Gasteiger partial charge >= 0.3 is 11.9 Å². The minimum absolute atomic E-state index is 0.115. The number of benzene rings is 2. The summed E-state index contributed by atoms with van der Waals surface area (Å²) in [5.74, 6) is -0.321. The molecule has 1 amide bonds. The van der Waals surface area contributed by atoms with E-state index in [1.54, 1.807) is 20.3 Å². The third-order valence-electron chi connectivity index (χ3n) is 5.08. The Bertz CT molecular complexity index is 990. The number of rotatable bonds is 7. The molecule has 1 fully saturated rings. The Balaban J connectivity index is 1.76. The van der Waals surface area contributed by atoms with Crippen LogP contribution in [0.2, 0.25) is 0 Å². The molecule has 0 bridgehead atoms. The maximum Gasteiger partial charge on any atom is 0.337 e. The number of amides is 1. The Morgan fingerprint density at radius 3 is 2.09 bits per heavy atom. The zero-order chi connectivity index (χ0) is 23.3. The lowest BCUT2D eigenvalue weighted by Gasteiger charge is -2.15. The van der Waals surface area contributed by atoms with Crippen molar-refractivity contribution in [2.24, 2.45) is 0 Å². The largest absolute Gasteiger partial charge is 0.497 e. The van der Waals surface area contributed by atoms with Gasteiger partial charge in [-0.05, 0) is 30.7 Å². The van der Waals surface area contributed by atoms with Crippen LogP contribution in [-0.4, -0.2) is 52.3 Å². The summed E-state index contributed by atoms with van der Waals surface area (Å²) in [6, 6.07) is 8.92. The molecular formula is C22H25N3O7. The van der Waals surface area contributed by atoms with Gasteiger partial charge in [-0.2, -0.15) is 0 Å². The molecule has 2 unspecified atom stereocenters. The molecule has 2 atom stereocenters. The van der Waals surface area contributed by atoms with Gasteiger partial charge in [0.2, 0.25) is 5.91 Å². The molecule has 1 aliphatic heterocycles. The van der Waals surface area contributed by atoms with Crippen LogP contribution < -0.4 is 25.6 Å². The van der Waals surface area contributed by atoms with E-state index in [-0.39, 0.29) is 28.8 Å². The lowest BCUT2D eigenvalue weighted by Crippen LogP contribution is -2.39. The van der Waals surface area contributed by atoms with Gasteiger partial charge in [0, 0.05) is 17.3 Å². The van der Waals surface area contributed by atoms with Gasteiger partial charge in [0.05, 0.1) is 45.6 Å². The van der Waals surface area contributed by atoms with Gasteiger partial charge in [-0.25, -0.2) is 20.4 Å². The number of carbonyl (C=O) groups excluding carboxylic acids is 3. The van der Waals surface area contributed by atoms with Crippen molar-refractivity contribution >= 4 is 23.5 Å². The van der Waals surface area contributed by atoms with Gasteiger partial charge < -0.3 is 24.3 Å². The van der Waals surface area contributed by atoms with E-state index in [9.17, 15) is 14.4 Å². The smallest absolute Gasteiger partial charge is 0.337 e. The van der Waals surface area contributed by atoms with Gasteiger partial charge in [-0.15, -0.1) is 0 Å². The predicted octanol–water partition coefficient (Wildman–Crippen LogP) is 1.82. The molecule has 0 saturated carbocycles. The standard InChI is InChI=1S/C22H25N3O7/c1-29-15-5-6-16(19(10-15)30-2)17-11-18(25-24-17)20(26)23-14-8-12(21(27)31-3)7-13(9-14)22(28)32-4/h5-10,17-18,24-25H,11H2,1-4H3,(H,23,26). The summed E-state index contributed by atoms with van der Waals surface area (Å²) in [6.45, 7) is 0. The number of hydrazine groups is 1. The average molecular weight is 443 g/mol. The zero-order valence-corrected chi connectivity index (χ0v) is 18.2. The summed E-state index contributed by atoms with van der Waals surface area (Å²) < 4.78 is 20.1. The number of esters is 2. The van der Waals surface area contributed by atoms with E-state index in [1.807, 2.05) is 12.1 Å². The molecule has 170 valence electrons. The summed E-state index contributed by atoms with van der Waals surface area (Å²) in [5.41, 5.74) is 7.44. The quantitative estimate of drug-likeness (QED) is 0.550. The van der Waals surface area contributed by atoms with Gasteiger partial charge in [0.15, 0.2) is 0 Å². The van der Waals surface area contributed by atoms with E-state index in [0.717, 1.165) is 5.56 Å².